The molecule has 0 spiro atoms. The first-order chi connectivity index (χ1) is 12.1. The quantitative estimate of drug-likeness (QED) is 0.441. The number of nitro groups is 1. The van der Waals surface area contributed by atoms with E-state index in [0.29, 0.717) is 15.8 Å². The largest absolute Gasteiger partial charge is 0.281 e. The molecule has 0 aliphatic carbocycles. The highest BCUT2D eigenvalue weighted by Gasteiger charge is 2.12. The van der Waals surface area contributed by atoms with Gasteiger partial charge in [0.2, 0.25) is 0 Å². The van der Waals surface area contributed by atoms with Crippen LogP contribution >= 0.6 is 11.3 Å². The number of hydrogen-bond donors (Lipinski definition) is 1. The topological polar surface area (TPSA) is 108 Å². The molecule has 1 amide bonds. The highest BCUT2D eigenvalue weighted by atomic mass is 32.1. The molecule has 0 atom stereocenters. The smallest absolute Gasteiger partial charge is 0.266 e. The van der Waals surface area contributed by atoms with Crippen molar-refractivity contribution in [2.75, 3.05) is 0 Å². The summed E-state index contributed by atoms with van der Waals surface area (Å²) in [7, 11) is 0. The van der Waals surface area contributed by atoms with Crippen LogP contribution in [0.5, 0.6) is 0 Å². The van der Waals surface area contributed by atoms with E-state index in [1.54, 1.807) is 36.4 Å². The van der Waals surface area contributed by atoms with Gasteiger partial charge in [-0.25, -0.2) is 5.43 Å². The Morgan fingerprint density at radius 3 is 2.68 bits per heavy atom. The molecule has 0 aliphatic heterocycles. The Bertz CT molecular complexity index is 1030. The summed E-state index contributed by atoms with van der Waals surface area (Å²) in [4.78, 5) is 22.9. The van der Waals surface area contributed by atoms with Crippen molar-refractivity contribution in [3.63, 3.8) is 0 Å². The van der Waals surface area contributed by atoms with Gasteiger partial charge in [-0.3, -0.25) is 14.9 Å². The molecule has 0 aliphatic rings. The SMILES string of the molecule is N#Cc1ccc(/C=N\NC(=O)c2cc3cc([N+](=O)[O-])ccc3s2)cc1. The van der Waals surface area contributed by atoms with Crippen molar-refractivity contribution in [2.24, 2.45) is 5.10 Å². The van der Waals surface area contributed by atoms with Crippen LogP contribution in [-0.4, -0.2) is 17.0 Å². The molecule has 3 rings (SSSR count). The summed E-state index contributed by atoms with van der Waals surface area (Å²) in [6.07, 6.45) is 1.47. The zero-order valence-electron chi connectivity index (χ0n) is 12.7. The number of hydrogen-bond acceptors (Lipinski definition) is 6. The lowest BCUT2D eigenvalue weighted by molar-refractivity contribution is -0.384. The molecule has 8 heteroatoms. The second-order valence-corrected chi connectivity index (χ2v) is 6.11. The minimum absolute atomic E-state index is 0.0175. The first-order valence-electron chi connectivity index (χ1n) is 7.08. The number of fused-ring (bicyclic) bond motifs is 1. The molecule has 1 N–H and O–H groups in total. The van der Waals surface area contributed by atoms with Gasteiger partial charge in [-0.05, 0) is 29.8 Å². The molecule has 0 unspecified atom stereocenters. The summed E-state index contributed by atoms with van der Waals surface area (Å²) in [5.74, 6) is -0.395. The van der Waals surface area contributed by atoms with Gasteiger partial charge in [0.05, 0.1) is 27.6 Å². The number of nitrogens with one attached hydrogen (secondary N) is 1. The Balaban J connectivity index is 1.72. The van der Waals surface area contributed by atoms with Crippen LogP contribution in [0.2, 0.25) is 0 Å². The normalized spacial score (nSPS) is 10.7. The van der Waals surface area contributed by atoms with Gasteiger partial charge in [0.15, 0.2) is 0 Å². The van der Waals surface area contributed by atoms with E-state index in [4.69, 9.17) is 5.26 Å². The number of nitrogens with zero attached hydrogens (tertiary/aromatic N) is 3. The maximum Gasteiger partial charge on any atom is 0.281 e. The molecule has 1 aromatic heterocycles. The molecule has 0 fully saturated rings. The number of hydrazone groups is 1. The van der Waals surface area contributed by atoms with Crippen molar-refractivity contribution < 1.29 is 9.72 Å². The molecular formula is C17H10N4O3S. The molecule has 0 saturated carbocycles. The minimum atomic E-state index is -0.473. The summed E-state index contributed by atoms with van der Waals surface area (Å²) < 4.78 is 0.784. The number of thiophene rings is 1. The van der Waals surface area contributed by atoms with E-state index in [1.165, 1.54) is 29.7 Å². The van der Waals surface area contributed by atoms with Crippen LogP contribution < -0.4 is 5.43 Å². The van der Waals surface area contributed by atoms with E-state index in [1.807, 2.05) is 6.07 Å². The zero-order valence-corrected chi connectivity index (χ0v) is 13.5. The van der Waals surface area contributed by atoms with Crippen LogP contribution in [0.25, 0.3) is 10.1 Å². The van der Waals surface area contributed by atoms with Crippen molar-refractivity contribution in [1.82, 2.24) is 5.43 Å². The number of non-ortho nitro benzene ring substituents is 1. The van der Waals surface area contributed by atoms with Gasteiger partial charge < -0.3 is 0 Å². The number of amides is 1. The second kappa shape index (κ2) is 6.90. The summed E-state index contributed by atoms with van der Waals surface area (Å²) in [5.41, 5.74) is 3.68. The highest BCUT2D eigenvalue weighted by Crippen LogP contribution is 2.28. The van der Waals surface area contributed by atoms with Crippen LogP contribution in [-0.2, 0) is 0 Å². The first-order valence-corrected chi connectivity index (χ1v) is 7.90. The minimum Gasteiger partial charge on any atom is -0.266 e. The summed E-state index contributed by atoms with van der Waals surface area (Å²) in [6.45, 7) is 0. The molecule has 1 heterocycles. The monoisotopic (exact) mass is 350 g/mol. The maximum absolute atomic E-state index is 12.1. The molecule has 122 valence electrons. The van der Waals surface area contributed by atoms with Crippen LogP contribution in [0.15, 0.2) is 53.6 Å². The Morgan fingerprint density at radius 1 is 1.24 bits per heavy atom. The van der Waals surface area contributed by atoms with Crippen molar-refractivity contribution in [3.05, 3.63) is 74.6 Å². The van der Waals surface area contributed by atoms with Gasteiger partial charge in [0.1, 0.15) is 0 Å². The van der Waals surface area contributed by atoms with E-state index in [-0.39, 0.29) is 5.69 Å². The Morgan fingerprint density at radius 2 is 2.00 bits per heavy atom. The van der Waals surface area contributed by atoms with Crippen molar-refractivity contribution in [3.8, 4) is 6.07 Å². The molecule has 0 saturated heterocycles. The van der Waals surface area contributed by atoms with Crippen LogP contribution in [0.1, 0.15) is 20.8 Å². The number of nitro benzene ring substituents is 1. The lowest BCUT2D eigenvalue weighted by Gasteiger charge is -1.96. The predicted octanol–water partition coefficient (Wildman–Crippen LogP) is 3.45. The first kappa shape index (κ1) is 16.3. The Hall–Kier alpha value is -3.57. The van der Waals surface area contributed by atoms with Crippen molar-refractivity contribution in [2.45, 2.75) is 0 Å². The number of rotatable bonds is 4. The molecule has 2 aromatic carbocycles. The van der Waals surface area contributed by atoms with E-state index < -0.39 is 10.8 Å². The molecular weight excluding hydrogens is 340 g/mol. The van der Waals surface area contributed by atoms with E-state index >= 15 is 0 Å². The number of benzene rings is 2. The summed E-state index contributed by atoms with van der Waals surface area (Å²) in [5, 5.41) is 24.0. The third-order valence-corrected chi connectivity index (χ3v) is 4.47. The second-order valence-electron chi connectivity index (χ2n) is 5.02. The standard InChI is InChI=1S/C17H10N4O3S/c18-9-11-1-3-12(4-2-11)10-19-20-17(22)16-8-13-7-14(21(23)24)5-6-15(13)25-16/h1-8,10H,(H,20,22)/b19-10-. The van der Waals surface area contributed by atoms with E-state index in [9.17, 15) is 14.9 Å². The number of carbonyl (C=O) groups is 1. The molecule has 0 bridgehead atoms. The lowest BCUT2D eigenvalue weighted by Crippen LogP contribution is -2.16. The van der Waals surface area contributed by atoms with Gasteiger partial charge in [-0.2, -0.15) is 10.4 Å². The number of carbonyl (C=O) groups excluding carboxylic acids is 1. The van der Waals surface area contributed by atoms with Crippen LogP contribution in [0, 0.1) is 21.4 Å². The average Bonchev–Trinajstić information content (AvgIpc) is 3.05. The fraction of sp³-hybridized carbons (Fsp3) is 0. The molecule has 0 radical (unpaired) electrons. The van der Waals surface area contributed by atoms with Gasteiger partial charge in [0.25, 0.3) is 11.6 Å². The van der Waals surface area contributed by atoms with E-state index in [0.717, 1.165) is 10.3 Å². The fourth-order valence-electron chi connectivity index (χ4n) is 2.12. The molecule has 25 heavy (non-hydrogen) atoms. The summed E-state index contributed by atoms with van der Waals surface area (Å²) in [6, 6.07) is 14.8. The van der Waals surface area contributed by atoms with Gasteiger partial charge >= 0.3 is 0 Å². The van der Waals surface area contributed by atoms with Crippen LogP contribution in [0.3, 0.4) is 0 Å². The fourth-order valence-corrected chi connectivity index (χ4v) is 3.05. The third-order valence-electron chi connectivity index (χ3n) is 3.35. The molecule has 3 aromatic rings. The van der Waals surface area contributed by atoms with Crippen molar-refractivity contribution in [1.29, 1.82) is 5.26 Å². The van der Waals surface area contributed by atoms with Gasteiger partial charge in [-0.15, -0.1) is 11.3 Å². The highest BCUT2D eigenvalue weighted by molar-refractivity contribution is 7.20. The lowest BCUT2D eigenvalue weighted by atomic mass is 10.2. The predicted molar refractivity (Wildman–Crippen MR) is 94.7 cm³/mol. The van der Waals surface area contributed by atoms with Gasteiger partial charge in [0, 0.05) is 22.2 Å². The summed E-state index contributed by atoms with van der Waals surface area (Å²) >= 11 is 1.23. The van der Waals surface area contributed by atoms with E-state index in [2.05, 4.69) is 10.5 Å². The van der Waals surface area contributed by atoms with Crippen molar-refractivity contribution >= 4 is 39.2 Å². The van der Waals surface area contributed by atoms with Crippen LogP contribution in [0.4, 0.5) is 5.69 Å². The maximum atomic E-state index is 12.1. The third kappa shape index (κ3) is 3.68. The van der Waals surface area contributed by atoms with Gasteiger partial charge in [-0.1, -0.05) is 12.1 Å². The molecule has 7 nitrogen and oxygen atoms in total. The Kier molecular flexibility index (Phi) is 4.50. The Labute approximate surface area is 146 Å². The zero-order chi connectivity index (χ0) is 17.8. The number of nitriles is 1. The average molecular weight is 350 g/mol.